The minimum absolute atomic E-state index is 0.146. The summed E-state index contributed by atoms with van der Waals surface area (Å²) >= 11 is 0. The van der Waals surface area contributed by atoms with Crippen LogP contribution in [0.4, 0.5) is 0 Å². The summed E-state index contributed by atoms with van der Waals surface area (Å²) in [6, 6.07) is 7.00. The van der Waals surface area contributed by atoms with Gasteiger partial charge in [-0.25, -0.2) is 4.79 Å². The van der Waals surface area contributed by atoms with E-state index in [1.165, 1.54) is 63.4 Å². The second kappa shape index (κ2) is 11.6. The number of benzene rings is 1. The topological polar surface area (TPSA) is 57.6 Å². The van der Waals surface area contributed by atoms with E-state index >= 15 is 0 Å². The quantitative estimate of drug-likeness (QED) is 0.349. The third-order valence-electron chi connectivity index (χ3n) is 14.6. The van der Waals surface area contributed by atoms with E-state index in [0.717, 1.165) is 36.3 Å². The molecule has 0 aromatic heterocycles. The van der Waals surface area contributed by atoms with Gasteiger partial charge in [-0.3, -0.25) is 4.79 Å². The van der Waals surface area contributed by atoms with Gasteiger partial charge in [0.2, 0.25) is 5.91 Å². The lowest BCUT2D eigenvalue weighted by Gasteiger charge is -2.73. The van der Waals surface area contributed by atoms with Crippen LogP contribution in [0.3, 0.4) is 0 Å². The molecule has 1 heterocycles. The number of nitrogens with zero attached hydrogens (tertiary/aromatic N) is 1. The van der Waals surface area contributed by atoms with Gasteiger partial charge in [0, 0.05) is 18.5 Å². The summed E-state index contributed by atoms with van der Waals surface area (Å²) in [5.41, 5.74) is 4.07. The van der Waals surface area contributed by atoms with E-state index in [1.54, 1.807) is 12.1 Å². The Balaban J connectivity index is 0.000000906. The van der Waals surface area contributed by atoms with Crippen molar-refractivity contribution in [1.82, 2.24) is 4.90 Å². The Kier molecular flexibility index (Phi) is 8.78. The molecule has 4 nitrogen and oxygen atoms in total. The molecule has 244 valence electrons. The molecule has 1 amide bonds. The molecular weight excluding hydrogens is 542 g/mol. The predicted molar refractivity (Wildman–Crippen MR) is 181 cm³/mol. The highest BCUT2D eigenvalue weighted by molar-refractivity contribution is 5.87. The summed E-state index contributed by atoms with van der Waals surface area (Å²) < 4.78 is 0. The molecule has 8 atom stereocenters. The standard InChI is InChI=1S/C36H53NO3.C4H8/c1-32(2)28-17-19-36(6)29(15-14-27-26-8-7-18-33(26,3)20-21-35(27,36)5)34(28,4)22-23-37(32)30(38)16-11-24-9-12-25(13-10-24)31(39)40;1-4(2)3/h9-10,12-13,26-29H,7-8,11,14-23H2,1-6H3,(H,39,40);1H2,2-3H3/t26-,27?,28?,29?,33?,34?,35-,36?;/m1./s1. The number of carboxylic acids is 1. The minimum atomic E-state index is -0.910. The van der Waals surface area contributed by atoms with Gasteiger partial charge in [0.25, 0.3) is 0 Å². The third-order valence-corrected chi connectivity index (χ3v) is 14.6. The number of carbonyl (C=O) groups is 2. The Morgan fingerprint density at radius 3 is 2.11 bits per heavy atom. The molecule has 1 saturated heterocycles. The molecule has 1 aliphatic heterocycles. The summed E-state index contributed by atoms with van der Waals surface area (Å²) in [7, 11) is 0. The molecule has 0 spiro atoms. The maximum atomic E-state index is 13.7. The van der Waals surface area contributed by atoms with Crippen LogP contribution in [-0.2, 0) is 11.2 Å². The molecule has 0 bridgehead atoms. The van der Waals surface area contributed by atoms with Crippen LogP contribution >= 0.6 is 0 Å². The van der Waals surface area contributed by atoms with Gasteiger partial charge in [0.15, 0.2) is 0 Å². The van der Waals surface area contributed by atoms with E-state index in [0.29, 0.717) is 40.6 Å². The molecule has 6 rings (SSSR count). The van der Waals surface area contributed by atoms with Gasteiger partial charge >= 0.3 is 5.97 Å². The van der Waals surface area contributed by atoms with E-state index in [4.69, 9.17) is 0 Å². The van der Waals surface area contributed by atoms with Crippen molar-refractivity contribution in [2.24, 2.45) is 45.3 Å². The van der Waals surface area contributed by atoms with Gasteiger partial charge < -0.3 is 10.0 Å². The van der Waals surface area contributed by atoms with E-state index in [9.17, 15) is 14.7 Å². The van der Waals surface area contributed by atoms with E-state index < -0.39 is 5.97 Å². The Morgan fingerprint density at radius 1 is 0.818 bits per heavy atom. The highest BCUT2D eigenvalue weighted by atomic mass is 16.4. The monoisotopic (exact) mass is 603 g/mol. The number of amides is 1. The zero-order valence-corrected chi connectivity index (χ0v) is 29.2. The number of hydrogen-bond acceptors (Lipinski definition) is 2. The Bertz CT molecular complexity index is 1260. The Hall–Kier alpha value is -2.10. The van der Waals surface area contributed by atoms with Crippen molar-refractivity contribution in [3.63, 3.8) is 0 Å². The highest BCUT2D eigenvalue weighted by Gasteiger charge is 2.69. The van der Waals surface area contributed by atoms with Gasteiger partial charge in [-0.1, -0.05) is 51.8 Å². The van der Waals surface area contributed by atoms with Gasteiger partial charge in [0.1, 0.15) is 0 Å². The van der Waals surface area contributed by atoms with Gasteiger partial charge in [-0.2, -0.15) is 0 Å². The molecular formula is C40H61NO3. The second-order valence-electron chi connectivity index (χ2n) is 17.5. The fourth-order valence-corrected chi connectivity index (χ4v) is 12.2. The number of allylic oxidation sites excluding steroid dienone is 1. The van der Waals surface area contributed by atoms with Gasteiger partial charge in [-0.15, -0.1) is 6.58 Å². The van der Waals surface area contributed by atoms with Crippen molar-refractivity contribution in [1.29, 1.82) is 0 Å². The van der Waals surface area contributed by atoms with Crippen molar-refractivity contribution in [3.8, 4) is 0 Å². The predicted octanol–water partition coefficient (Wildman–Crippen LogP) is 9.97. The average Bonchev–Trinajstić information content (AvgIpc) is 3.33. The van der Waals surface area contributed by atoms with Gasteiger partial charge in [0.05, 0.1) is 5.56 Å². The fourth-order valence-electron chi connectivity index (χ4n) is 12.2. The summed E-state index contributed by atoms with van der Waals surface area (Å²) in [5.74, 6) is 2.46. The molecule has 4 aliphatic carbocycles. The smallest absolute Gasteiger partial charge is 0.335 e. The van der Waals surface area contributed by atoms with Crippen molar-refractivity contribution in [3.05, 3.63) is 47.5 Å². The largest absolute Gasteiger partial charge is 0.478 e. The lowest BCUT2D eigenvalue weighted by molar-refractivity contribution is -0.238. The van der Waals surface area contributed by atoms with Crippen LogP contribution in [-0.4, -0.2) is 34.0 Å². The SMILES string of the molecule is C=C(C)C.CC12CCN(C(=O)CCc3ccc(C(=O)O)cc3)C(C)(C)C1CCC1(C)C2CCC2[C@H]3CCCC3(C)CC[C@]21C. The molecule has 44 heavy (non-hydrogen) atoms. The molecule has 0 radical (unpaired) electrons. The van der Waals surface area contributed by atoms with Crippen molar-refractivity contribution >= 4 is 11.9 Å². The molecule has 6 unspecified atom stereocenters. The number of aromatic carboxylic acids is 1. The summed E-state index contributed by atoms with van der Waals surface area (Å²) in [6.45, 7) is 23.8. The van der Waals surface area contributed by atoms with Crippen LogP contribution < -0.4 is 0 Å². The fraction of sp³-hybridized carbons (Fsp3) is 0.750. The van der Waals surface area contributed by atoms with Crippen LogP contribution in [0, 0.1) is 45.3 Å². The summed E-state index contributed by atoms with van der Waals surface area (Å²) in [5, 5.41) is 9.18. The summed E-state index contributed by atoms with van der Waals surface area (Å²) in [6.07, 6.45) is 14.8. The van der Waals surface area contributed by atoms with E-state index in [-0.39, 0.29) is 16.9 Å². The first kappa shape index (κ1) is 33.3. The maximum absolute atomic E-state index is 13.7. The normalized spacial score (nSPS) is 40.3. The Labute approximate surface area is 268 Å². The number of hydrogen-bond donors (Lipinski definition) is 1. The molecule has 4 heteroatoms. The first-order valence-electron chi connectivity index (χ1n) is 17.7. The lowest BCUT2D eigenvalue weighted by atomic mass is 9.33. The van der Waals surface area contributed by atoms with Crippen LogP contribution in [0.1, 0.15) is 142 Å². The number of rotatable bonds is 4. The van der Waals surface area contributed by atoms with Gasteiger partial charge in [-0.05, 0) is 155 Å². The zero-order chi connectivity index (χ0) is 32.3. The molecule has 5 fully saturated rings. The highest BCUT2D eigenvalue weighted by Crippen LogP contribution is 2.76. The number of likely N-dealkylation sites (tertiary alicyclic amines) is 1. The first-order valence-corrected chi connectivity index (χ1v) is 17.7. The molecule has 1 aromatic carbocycles. The van der Waals surface area contributed by atoms with Crippen molar-refractivity contribution < 1.29 is 14.7 Å². The number of carbonyl (C=O) groups excluding carboxylic acids is 1. The van der Waals surface area contributed by atoms with E-state index in [1.807, 2.05) is 26.0 Å². The number of fused-ring (bicyclic) bond motifs is 7. The first-order chi connectivity index (χ1) is 20.5. The molecule has 1 aromatic rings. The minimum Gasteiger partial charge on any atom is -0.478 e. The molecule has 5 aliphatic rings. The Morgan fingerprint density at radius 2 is 1.48 bits per heavy atom. The third kappa shape index (κ3) is 5.28. The van der Waals surface area contributed by atoms with Crippen LogP contribution in [0.5, 0.6) is 0 Å². The summed E-state index contributed by atoms with van der Waals surface area (Å²) in [4.78, 5) is 27.1. The van der Waals surface area contributed by atoms with Crippen molar-refractivity contribution in [2.45, 2.75) is 138 Å². The number of aryl methyl sites for hydroxylation is 1. The average molecular weight is 604 g/mol. The maximum Gasteiger partial charge on any atom is 0.335 e. The van der Waals surface area contributed by atoms with E-state index in [2.05, 4.69) is 53.0 Å². The van der Waals surface area contributed by atoms with Crippen molar-refractivity contribution in [2.75, 3.05) is 6.54 Å². The van der Waals surface area contributed by atoms with Crippen LogP contribution in [0.15, 0.2) is 36.4 Å². The zero-order valence-electron chi connectivity index (χ0n) is 29.2. The molecule has 4 saturated carbocycles. The number of carboxylic acid groups (broad SMARTS) is 1. The number of piperidine rings is 1. The lowest BCUT2D eigenvalue weighted by Crippen LogP contribution is -2.69. The van der Waals surface area contributed by atoms with Crippen LogP contribution in [0.25, 0.3) is 0 Å². The van der Waals surface area contributed by atoms with Crippen LogP contribution in [0.2, 0.25) is 0 Å². The second-order valence-corrected chi connectivity index (χ2v) is 17.5. The molecule has 1 N–H and O–H groups in total.